The Morgan fingerprint density at radius 3 is 2.11 bits per heavy atom. The van der Waals surface area contributed by atoms with Crippen molar-refractivity contribution in [2.75, 3.05) is 5.32 Å². The van der Waals surface area contributed by atoms with E-state index in [9.17, 15) is 19.5 Å². The van der Waals surface area contributed by atoms with Gasteiger partial charge in [-0.05, 0) is 35.4 Å². The minimum atomic E-state index is -1.03. The van der Waals surface area contributed by atoms with E-state index in [0.717, 1.165) is 5.56 Å². The van der Waals surface area contributed by atoms with E-state index in [-0.39, 0.29) is 36.8 Å². The van der Waals surface area contributed by atoms with E-state index in [1.807, 2.05) is 0 Å². The van der Waals surface area contributed by atoms with Gasteiger partial charge in [-0.2, -0.15) is 0 Å². The number of nitrogens with one attached hydrogen (secondary N) is 3. The number of hydrogen-bond donors (Lipinski definition) is 5. The standard InChI is InChI=1S/C20H21N3O5/c1-13(22-23-19(26)12-14-2-8-17(24)9-3-14)15-4-6-16(7-5-15)21-18(25)10-11-20(27)28/h2-9,22,24H,1,10-12H2,(H,21,25)(H,23,26)(H,27,28). The highest BCUT2D eigenvalue weighted by Gasteiger charge is 2.07. The fourth-order valence-corrected chi connectivity index (χ4v) is 2.26. The molecule has 8 nitrogen and oxygen atoms in total. The first-order valence-electron chi connectivity index (χ1n) is 8.47. The van der Waals surface area contributed by atoms with E-state index in [1.165, 1.54) is 12.1 Å². The number of benzene rings is 2. The summed E-state index contributed by atoms with van der Waals surface area (Å²) in [5, 5.41) is 20.4. The van der Waals surface area contributed by atoms with Gasteiger partial charge in [0.2, 0.25) is 11.8 Å². The van der Waals surface area contributed by atoms with Crippen LogP contribution in [-0.4, -0.2) is 28.0 Å². The zero-order valence-corrected chi connectivity index (χ0v) is 15.1. The predicted octanol–water partition coefficient (Wildman–Crippen LogP) is 2.03. The number of hydrazine groups is 1. The van der Waals surface area contributed by atoms with E-state index in [0.29, 0.717) is 16.9 Å². The Hall–Kier alpha value is -3.81. The van der Waals surface area contributed by atoms with Crippen LogP contribution >= 0.6 is 0 Å². The first-order valence-corrected chi connectivity index (χ1v) is 8.47. The molecule has 0 saturated carbocycles. The fraction of sp³-hybridized carbons (Fsp3) is 0.150. The predicted molar refractivity (Wildman–Crippen MR) is 104 cm³/mol. The summed E-state index contributed by atoms with van der Waals surface area (Å²) in [7, 11) is 0. The summed E-state index contributed by atoms with van der Waals surface area (Å²) >= 11 is 0. The van der Waals surface area contributed by atoms with E-state index < -0.39 is 5.97 Å². The second kappa shape index (κ2) is 9.77. The Morgan fingerprint density at radius 1 is 0.857 bits per heavy atom. The van der Waals surface area contributed by atoms with Crippen LogP contribution in [0.2, 0.25) is 0 Å². The minimum Gasteiger partial charge on any atom is -0.508 e. The molecule has 2 amide bonds. The number of aliphatic carboxylic acids is 1. The number of carbonyl (C=O) groups is 3. The van der Waals surface area contributed by atoms with Gasteiger partial charge >= 0.3 is 5.97 Å². The van der Waals surface area contributed by atoms with Crippen molar-refractivity contribution in [3.05, 3.63) is 66.2 Å². The SMILES string of the molecule is C=C(NNC(=O)Cc1ccc(O)cc1)c1ccc(NC(=O)CCC(=O)O)cc1. The Balaban J connectivity index is 1.80. The summed E-state index contributed by atoms with van der Waals surface area (Å²) in [4.78, 5) is 34.0. The van der Waals surface area contributed by atoms with Gasteiger partial charge in [0.25, 0.3) is 0 Å². The number of carboxylic acids is 1. The minimum absolute atomic E-state index is 0.0988. The summed E-state index contributed by atoms with van der Waals surface area (Å²) in [6.07, 6.45) is -0.186. The third kappa shape index (κ3) is 6.83. The summed E-state index contributed by atoms with van der Waals surface area (Å²) in [5.41, 5.74) is 7.72. The average molecular weight is 383 g/mol. The van der Waals surface area contributed by atoms with Crippen molar-refractivity contribution in [3.63, 3.8) is 0 Å². The van der Waals surface area contributed by atoms with Crippen molar-refractivity contribution in [1.29, 1.82) is 0 Å². The lowest BCUT2D eigenvalue weighted by molar-refractivity contribution is -0.138. The monoisotopic (exact) mass is 383 g/mol. The Bertz CT molecular complexity index is 860. The number of amides is 2. The van der Waals surface area contributed by atoms with Gasteiger partial charge in [-0.25, -0.2) is 0 Å². The maximum Gasteiger partial charge on any atom is 0.303 e. The molecule has 0 aliphatic rings. The van der Waals surface area contributed by atoms with Crippen LogP contribution in [0.15, 0.2) is 55.1 Å². The first kappa shape index (κ1) is 20.5. The molecule has 0 atom stereocenters. The topological polar surface area (TPSA) is 128 Å². The second-order valence-corrected chi connectivity index (χ2v) is 6.01. The van der Waals surface area contributed by atoms with Crippen LogP contribution in [0, 0.1) is 0 Å². The van der Waals surface area contributed by atoms with Crippen LogP contribution in [0.1, 0.15) is 24.0 Å². The van der Waals surface area contributed by atoms with Crippen LogP contribution in [0.5, 0.6) is 5.75 Å². The molecule has 8 heteroatoms. The van der Waals surface area contributed by atoms with E-state index in [2.05, 4.69) is 22.7 Å². The zero-order valence-electron chi connectivity index (χ0n) is 15.1. The van der Waals surface area contributed by atoms with Crippen molar-refractivity contribution in [3.8, 4) is 5.75 Å². The van der Waals surface area contributed by atoms with E-state index in [4.69, 9.17) is 5.11 Å². The van der Waals surface area contributed by atoms with Crippen molar-refractivity contribution < 1.29 is 24.6 Å². The molecule has 0 aromatic heterocycles. The van der Waals surface area contributed by atoms with Crippen LogP contribution in [0.4, 0.5) is 5.69 Å². The van der Waals surface area contributed by atoms with Crippen LogP contribution in [0.3, 0.4) is 0 Å². The summed E-state index contributed by atoms with van der Waals surface area (Å²) in [5.74, 6) is -1.54. The van der Waals surface area contributed by atoms with Gasteiger partial charge < -0.3 is 15.5 Å². The van der Waals surface area contributed by atoms with E-state index in [1.54, 1.807) is 36.4 Å². The van der Waals surface area contributed by atoms with Crippen molar-refractivity contribution in [1.82, 2.24) is 10.9 Å². The Labute approximate surface area is 161 Å². The van der Waals surface area contributed by atoms with Crippen LogP contribution in [0.25, 0.3) is 5.70 Å². The molecule has 28 heavy (non-hydrogen) atoms. The fourth-order valence-electron chi connectivity index (χ4n) is 2.26. The maximum absolute atomic E-state index is 12.0. The summed E-state index contributed by atoms with van der Waals surface area (Å²) in [6.45, 7) is 3.84. The number of hydrogen-bond acceptors (Lipinski definition) is 5. The number of phenols is 1. The van der Waals surface area contributed by atoms with Gasteiger partial charge in [-0.1, -0.05) is 30.8 Å². The van der Waals surface area contributed by atoms with Gasteiger partial charge in [0, 0.05) is 12.1 Å². The quantitative estimate of drug-likeness (QED) is 0.422. The van der Waals surface area contributed by atoms with Gasteiger partial charge in [-0.3, -0.25) is 25.2 Å². The first-order chi connectivity index (χ1) is 13.3. The molecular formula is C20H21N3O5. The van der Waals surface area contributed by atoms with E-state index >= 15 is 0 Å². The number of aromatic hydroxyl groups is 1. The van der Waals surface area contributed by atoms with Crippen molar-refractivity contribution in [2.45, 2.75) is 19.3 Å². The lowest BCUT2D eigenvalue weighted by atomic mass is 10.1. The molecule has 2 aromatic carbocycles. The average Bonchev–Trinajstić information content (AvgIpc) is 2.67. The molecule has 0 heterocycles. The smallest absolute Gasteiger partial charge is 0.303 e. The second-order valence-electron chi connectivity index (χ2n) is 6.01. The van der Waals surface area contributed by atoms with Gasteiger partial charge in [0.05, 0.1) is 18.5 Å². The number of rotatable bonds is 9. The summed E-state index contributed by atoms with van der Waals surface area (Å²) in [6, 6.07) is 13.1. The molecule has 0 spiro atoms. The molecular weight excluding hydrogens is 362 g/mol. The maximum atomic E-state index is 12.0. The molecule has 0 fully saturated rings. The molecule has 0 aliphatic carbocycles. The number of phenolic OH excluding ortho intramolecular Hbond substituents is 1. The van der Waals surface area contributed by atoms with Crippen LogP contribution in [-0.2, 0) is 20.8 Å². The molecule has 2 aromatic rings. The molecule has 0 aliphatic heterocycles. The molecule has 2 rings (SSSR count). The third-order valence-electron chi connectivity index (χ3n) is 3.74. The largest absolute Gasteiger partial charge is 0.508 e. The lowest BCUT2D eigenvalue weighted by Crippen LogP contribution is -2.36. The highest BCUT2D eigenvalue weighted by atomic mass is 16.4. The molecule has 5 N–H and O–H groups in total. The molecule has 146 valence electrons. The molecule has 0 radical (unpaired) electrons. The Morgan fingerprint density at radius 2 is 1.50 bits per heavy atom. The lowest BCUT2D eigenvalue weighted by Gasteiger charge is -2.12. The highest BCUT2D eigenvalue weighted by Crippen LogP contribution is 2.14. The van der Waals surface area contributed by atoms with Crippen molar-refractivity contribution >= 4 is 29.2 Å². The summed E-state index contributed by atoms with van der Waals surface area (Å²) < 4.78 is 0. The number of anilines is 1. The third-order valence-corrected chi connectivity index (χ3v) is 3.74. The normalized spacial score (nSPS) is 10.0. The Kier molecular flexibility index (Phi) is 7.15. The van der Waals surface area contributed by atoms with Gasteiger partial charge in [0.1, 0.15) is 5.75 Å². The highest BCUT2D eigenvalue weighted by molar-refractivity contribution is 5.92. The molecule has 0 saturated heterocycles. The zero-order chi connectivity index (χ0) is 20.5. The number of carboxylic acid groups (broad SMARTS) is 1. The number of carbonyl (C=O) groups excluding carboxylic acids is 2. The van der Waals surface area contributed by atoms with Crippen molar-refractivity contribution in [2.24, 2.45) is 0 Å². The van der Waals surface area contributed by atoms with Gasteiger partial charge in [-0.15, -0.1) is 0 Å². The van der Waals surface area contributed by atoms with Crippen LogP contribution < -0.4 is 16.2 Å². The van der Waals surface area contributed by atoms with Gasteiger partial charge in [0.15, 0.2) is 0 Å². The molecule has 0 unspecified atom stereocenters. The molecule has 0 bridgehead atoms.